The third-order valence-electron chi connectivity index (χ3n) is 11.6. The molecule has 0 amide bonds. The monoisotopic (exact) mass is 1520 g/mol. The molecule has 4 heterocycles. The molecule has 76 heavy (non-hydrogen) atoms. The Hall–Kier alpha value is -5.24. The Morgan fingerprint density at radius 2 is 0.368 bits per heavy atom. The molecule has 0 atom stereocenters. The number of nitrogens with zero attached hydrogens (tertiary/aromatic N) is 4. The highest BCUT2D eigenvalue weighted by Crippen LogP contribution is 2.69. The van der Waals surface area contributed by atoms with Gasteiger partial charge in [-0.2, -0.15) is 0 Å². The van der Waals surface area contributed by atoms with Crippen molar-refractivity contribution in [3.63, 3.8) is 0 Å². The SMILES string of the molecule is C(=C\c1ccncc1)/c1ccncc1.C(=C\c1ccncc1)/c1ccncc1.Fc1c(F)c(C2C(c3c(F)c(F)c(I)c(F)c3F)C(c3c(F)c(F)c(I)c(F)c3F)C2c2c(F)c(F)c(I)c(F)c2F)c(F)c(F)c1I. The molecule has 8 aromatic rings. The standard InChI is InChI=1S/C28H4F16I4.2C12H10N2/c29-9-5(10(30)18(38)25(45)17(9)37)1-2(6-11(31)19(39)26(46)20(40)12(6)32)4(8-15(35)23(43)28(48)24(44)16(8)36)3(1)7-13(33)21(41)27(47)22(42)14(7)34;2*1(11-3-7-13-8-4-11)2-12-5-9-14-10-6-12/h1-4H;2*1-10H/b;2*2-1+. The minimum Gasteiger partial charge on any atom is -0.265 e. The summed E-state index contributed by atoms with van der Waals surface area (Å²) < 4.78 is 237. The van der Waals surface area contributed by atoms with Gasteiger partial charge in [0.1, 0.15) is 0 Å². The van der Waals surface area contributed by atoms with Gasteiger partial charge in [0.05, 0.1) is 14.3 Å². The highest BCUT2D eigenvalue weighted by Gasteiger charge is 2.61. The Balaban J connectivity index is 0.000000240. The van der Waals surface area contributed by atoms with Crippen LogP contribution in [-0.4, -0.2) is 19.9 Å². The summed E-state index contributed by atoms with van der Waals surface area (Å²) in [6, 6.07) is 15.8. The first kappa shape index (κ1) is 58.4. The summed E-state index contributed by atoms with van der Waals surface area (Å²) >= 11 is 3.00. The molecule has 1 aliphatic carbocycles. The van der Waals surface area contributed by atoms with Crippen molar-refractivity contribution < 1.29 is 70.2 Å². The molecule has 1 fully saturated rings. The zero-order valence-electron chi connectivity index (χ0n) is 37.2. The summed E-state index contributed by atoms with van der Waals surface area (Å²) in [5.74, 6) is -50.3. The van der Waals surface area contributed by atoms with Gasteiger partial charge in [0.25, 0.3) is 0 Å². The van der Waals surface area contributed by atoms with Crippen molar-refractivity contribution in [2.75, 3.05) is 0 Å². The first-order valence-corrected chi connectivity index (χ1v) is 25.4. The minimum atomic E-state index is -3.06. The molecule has 1 aliphatic rings. The van der Waals surface area contributed by atoms with Crippen LogP contribution in [0.4, 0.5) is 70.2 Å². The van der Waals surface area contributed by atoms with Crippen molar-refractivity contribution in [3.05, 3.63) is 250 Å². The fourth-order valence-corrected chi connectivity index (χ4v) is 10.0. The fraction of sp³-hybridized carbons (Fsp3) is 0.0769. The maximum Gasteiger partial charge on any atom is 0.175 e. The molecule has 4 aromatic carbocycles. The van der Waals surface area contributed by atoms with Crippen LogP contribution in [-0.2, 0) is 0 Å². The summed E-state index contributed by atoms with van der Waals surface area (Å²) in [5.41, 5.74) is -3.68. The molecule has 0 saturated heterocycles. The summed E-state index contributed by atoms with van der Waals surface area (Å²) in [6.45, 7) is 0. The van der Waals surface area contributed by atoms with Crippen LogP contribution < -0.4 is 0 Å². The number of hydrogen-bond donors (Lipinski definition) is 0. The van der Waals surface area contributed by atoms with E-state index in [1.54, 1.807) is 49.6 Å². The van der Waals surface area contributed by atoms with Gasteiger partial charge in [-0.3, -0.25) is 19.9 Å². The Bertz CT molecular complexity index is 2940. The molecule has 9 rings (SSSR count). The Labute approximate surface area is 474 Å². The lowest BCUT2D eigenvalue weighted by Gasteiger charge is -2.53. The normalized spacial score (nSPS) is 16.1. The van der Waals surface area contributed by atoms with Crippen LogP contribution in [0.1, 0.15) is 68.2 Å². The Kier molecular flexibility index (Phi) is 19.3. The molecule has 4 nitrogen and oxygen atoms in total. The van der Waals surface area contributed by atoms with E-state index in [9.17, 15) is 35.1 Å². The molecular weight excluding hydrogens is 1490 g/mol. The van der Waals surface area contributed by atoms with Crippen molar-refractivity contribution in [2.45, 2.75) is 23.7 Å². The van der Waals surface area contributed by atoms with E-state index in [4.69, 9.17) is 0 Å². The predicted octanol–water partition coefficient (Wildman–Crippen LogP) is 17.1. The number of benzene rings is 4. The number of aromatic nitrogens is 4. The predicted molar refractivity (Wildman–Crippen MR) is 282 cm³/mol. The van der Waals surface area contributed by atoms with Crippen molar-refractivity contribution in [3.8, 4) is 0 Å². The molecule has 1 saturated carbocycles. The smallest absolute Gasteiger partial charge is 0.175 e. The van der Waals surface area contributed by atoms with E-state index >= 15 is 35.1 Å². The second kappa shape index (κ2) is 25.0. The highest BCUT2D eigenvalue weighted by molar-refractivity contribution is 14.1. The molecule has 392 valence electrons. The van der Waals surface area contributed by atoms with Gasteiger partial charge in [-0.05, 0) is 161 Å². The van der Waals surface area contributed by atoms with Gasteiger partial charge in [0.2, 0.25) is 0 Å². The second-order valence-electron chi connectivity index (χ2n) is 15.8. The zero-order valence-corrected chi connectivity index (χ0v) is 45.8. The van der Waals surface area contributed by atoms with Gasteiger partial charge in [-0.25, -0.2) is 70.2 Å². The second-order valence-corrected chi connectivity index (χ2v) is 20.1. The summed E-state index contributed by atoms with van der Waals surface area (Å²) in [7, 11) is 0. The molecule has 0 unspecified atom stereocenters. The lowest BCUT2D eigenvalue weighted by Crippen LogP contribution is -2.44. The van der Waals surface area contributed by atoms with E-state index in [-0.39, 0.29) is 0 Å². The number of pyridine rings is 4. The van der Waals surface area contributed by atoms with Gasteiger partial charge in [0, 0.05) is 95.5 Å². The summed E-state index contributed by atoms with van der Waals surface area (Å²) in [6.07, 6.45) is 22.5. The molecular formula is C52H24F16I4N4. The van der Waals surface area contributed by atoms with Crippen LogP contribution in [0.15, 0.2) is 98.1 Å². The molecule has 0 N–H and O–H groups in total. The Morgan fingerprint density at radius 3 is 0.500 bits per heavy atom. The highest BCUT2D eigenvalue weighted by atomic mass is 127. The zero-order chi connectivity index (χ0) is 55.4. The quantitative estimate of drug-likeness (QED) is 0.0658. The van der Waals surface area contributed by atoms with Crippen LogP contribution in [0.5, 0.6) is 0 Å². The van der Waals surface area contributed by atoms with E-state index in [2.05, 4.69) is 44.2 Å². The van der Waals surface area contributed by atoms with E-state index in [1.165, 1.54) is 0 Å². The maximum atomic E-state index is 15.5. The van der Waals surface area contributed by atoms with Crippen LogP contribution in [0.2, 0.25) is 0 Å². The number of hydrogen-bond acceptors (Lipinski definition) is 4. The van der Waals surface area contributed by atoms with Crippen molar-refractivity contribution in [2.24, 2.45) is 0 Å². The van der Waals surface area contributed by atoms with Crippen molar-refractivity contribution >= 4 is 115 Å². The van der Waals surface area contributed by atoms with Crippen LogP contribution in [0, 0.1) is 107 Å². The average molecular weight is 1520 g/mol. The minimum absolute atomic E-state index is 0.749. The van der Waals surface area contributed by atoms with Crippen molar-refractivity contribution in [1.29, 1.82) is 0 Å². The first-order valence-electron chi connectivity index (χ1n) is 21.1. The molecule has 0 aliphatic heterocycles. The topological polar surface area (TPSA) is 51.6 Å². The lowest BCUT2D eigenvalue weighted by molar-refractivity contribution is 0.180. The number of rotatable bonds is 8. The van der Waals surface area contributed by atoms with E-state index < -0.39 is 153 Å². The first-order chi connectivity index (χ1) is 36.1. The van der Waals surface area contributed by atoms with Gasteiger partial charge >= 0.3 is 0 Å². The van der Waals surface area contributed by atoms with E-state index in [0.717, 1.165) is 113 Å². The van der Waals surface area contributed by atoms with Crippen molar-refractivity contribution in [1.82, 2.24) is 19.9 Å². The molecule has 0 bridgehead atoms. The maximum absolute atomic E-state index is 15.5. The van der Waals surface area contributed by atoms with Gasteiger partial charge in [-0.15, -0.1) is 0 Å². The van der Waals surface area contributed by atoms with Gasteiger partial charge < -0.3 is 0 Å². The van der Waals surface area contributed by atoms with Gasteiger partial charge in [0.15, 0.2) is 93.1 Å². The molecule has 24 heteroatoms. The fourth-order valence-electron chi connectivity index (χ4n) is 8.13. The van der Waals surface area contributed by atoms with Gasteiger partial charge in [-0.1, -0.05) is 24.3 Å². The largest absolute Gasteiger partial charge is 0.265 e. The molecule has 0 radical (unpaired) electrons. The summed E-state index contributed by atoms with van der Waals surface area (Å²) in [4.78, 5) is 15.8. The third-order valence-corrected chi connectivity index (χ3v) is 15.4. The van der Waals surface area contributed by atoms with Crippen LogP contribution >= 0.6 is 90.4 Å². The number of halogens is 20. The molecule has 0 spiro atoms. The van der Waals surface area contributed by atoms with E-state index in [1.807, 2.05) is 48.5 Å². The average Bonchev–Trinajstić information content (AvgIpc) is 3.54. The van der Waals surface area contributed by atoms with Crippen LogP contribution in [0.25, 0.3) is 24.3 Å². The molecule has 4 aromatic heterocycles. The third kappa shape index (κ3) is 11.6. The lowest BCUT2D eigenvalue weighted by atomic mass is 9.48. The van der Waals surface area contributed by atoms with E-state index in [0.29, 0.717) is 0 Å². The Morgan fingerprint density at radius 1 is 0.237 bits per heavy atom. The summed E-state index contributed by atoms with van der Waals surface area (Å²) in [5, 5.41) is 0. The van der Waals surface area contributed by atoms with Crippen LogP contribution in [0.3, 0.4) is 0 Å².